The second-order valence-electron chi connectivity index (χ2n) is 3.84. The molecule has 1 aromatic heterocycles. The number of ether oxygens (including phenoxy) is 1. The van der Waals surface area contributed by atoms with E-state index >= 15 is 0 Å². The van der Waals surface area contributed by atoms with Crippen molar-refractivity contribution in [2.24, 2.45) is 0 Å². The second kappa shape index (κ2) is 4.82. The highest BCUT2D eigenvalue weighted by molar-refractivity contribution is 6.68. The van der Waals surface area contributed by atoms with Gasteiger partial charge in [-0.3, -0.25) is 4.79 Å². The Labute approximate surface area is 115 Å². The molecule has 0 aliphatic rings. The SMILES string of the molecule is COc1ccc2nc(C(F)(F)F)c(C(=O)Cl)c(O)c2c1. The molecule has 2 rings (SSSR count). The van der Waals surface area contributed by atoms with Gasteiger partial charge in [0.15, 0.2) is 5.69 Å². The number of aromatic nitrogens is 1. The molecule has 0 aliphatic heterocycles. The molecule has 2 aromatic rings. The number of hydrogen-bond acceptors (Lipinski definition) is 4. The number of pyridine rings is 1. The Balaban J connectivity index is 2.89. The number of carbonyl (C=O) groups is 1. The fourth-order valence-corrected chi connectivity index (χ4v) is 1.92. The summed E-state index contributed by atoms with van der Waals surface area (Å²) < 4.78 is 43.5. The van der Waals surface area contributed by atoms with Crippen molar-refractivity contribution in [2.75, 3.05) is 7.11 Å². The van der Waals surface area contributed by atoms with Gasteiger partial charge in [-0.05, 0) is 29.8 Å². The van der Waals surface area contributed by atoms with Gasteiger partial charge < -0.3 is 9.84 Å². The summed E-state index contributed by atoms with van der Waals surface area (Å²) in [4.78, 5) is 14.5. The maximum absolute atomic E-state index is 12.9. The predicted octanol–water partition coefficient (Wildman–Crippen LogP) is 3.35. The van der Waals surface area contributed by atoms with E-state index in [2.05, 4.69) is 4.98 Å². The molecular formula is C12H7ClF3NO3. The fourth-order valence-electron chi connectivity index (χ4n) is 1.74. The summed E-state index contributed by atoms with van der Waals surface area (Å²) in [6.45, 7) is 0. The van der Waals surface area contributed by atoms with Crippen LogP contribution >= 0.6 is 11.6 Å². The lowest BCUT2D eigenvalue weighted by Crippen LogP contribution is -2.14. The summed E-state index contributed by atoms with van der Waals surface area (Å²) >= 11 is 5.12. The van der Waals surface area contributed by atoms with Crippen LogP contribution in [0, 0.1) is 0 Å². The van der Waals surface area contributed by atoms with Crippen molar-refractivity contribution in [3.05, 3.63) is 29.5 Å². The third kappa shape index (κ3) is 2.36. The Hall–Kier alpha value is -2.02. The van der Waals surface area contributed by atoms with Gasteiger partial charge in [-0.2, -0.15) is 13.2 Å². The zero-order chi connectivity index (χ0) is 15.1. The van der Waals surface area contributed by atoms with Gasteiger partial charge in [0.2, 0.25) is 0 Å². The standard InChI is InChI=1S/C12H7ClF3NO3/c1-20-5-2-3-7-6(4-5)9(18)8(11(13)19)10(17-7)12(14,15)16/h2-4H,1H3,(H,17,18). The molecule has 0 unspecified atom stereocenters. The number of hydrogen-bond donors (Lipinski definition) is 1. The first-order valence-corrected chi connectivity index (χ1v) is 5.61. The van der Waals surface area contributed by atoms with Crippen LogP contribution in [0.5, 0.6) is 11.5 Å². The average molecular weight is 306 g/mol. The van der Waals surface area contributed by atoms with Crippen molar-refractivity contribution in [1.29, 1.82) is 0 Å². The number of halogens is 4. The molecule has 106 valence electrons. The predicted molar refractivity (Wildman–Crippen MR) is 65.1 cm³/mol. The second-order valence-corrected chi connectivity index (χ2v) is 4.18. The number of aromatic hydroxyl groups is 1. The lowest BCUT2D eigenvalue weighted by Gasteiger charge is -2.13. The smallest absolute Gasteiger partial charge is 0.434 e. The van der Waals surface area contributed by atoms with Gasteiger partial charge in [0.1, 0.15) is 17.1 Å². The van der Waals surface area contributed by atoms with Crippen molar-refractivity contribution < 1.29 is 27.8 Å². The van der Waals surface area contributed by atoms with Crippen molar-refractivity contribution >= 4 is 27.7 Å². The van der Waals surface area contributed by atoms with E-state index in [0.717, 1.165) is 0 Å². The molecule has 0 aliphatic carbocycles. The van der Waals surface area contributed by atoms with E-state index in [1.54, 1.807) is 0 Å². The van der Waals surface area contributed by atoms with Gasteiger partial charge in [-0.15, -0.1) is 0 Å². The number of alkyl halides is 3. The van der Waals surface area contributed by atoms with Crippen LogP contribution in [0.1, 0.15) is 16.1 Å². The molecular weight excluding hydrogens is 299 g/mol. The third-order valence-corrected chi connectivity index (χ3v) is 2.82. The van der Waals surface area contributed by atoms with Crippen molar-refractivity contribution in [2.45, 2.75) is 6.18 Å². The van der Waals surface area contributed by atoms with Gasteiger partial charge >= 0.3 is 6.18 Å². The van der Waals surface area contributed by atoms with Gasteiger partial charge in [-0.1, -0.05) is 0 Å². The van der Waals surface area contributed by atoms with E-state index in [1.165, 1.54) is 25.3 Å². The Kier molecular flexibility index (Phi) is 3.47. The van der Waals surface area contributed by atoms with Gasteiger partial charge in [-0.25, -0.2) is 4.98 Å². The molecule has 0 fully saturated rings. The number of methoxy groups -OCH3 is 1. The fraction of sp³-hybridized carbons (Fsp3) is 0.167. The van der Waals surface area contributed by atoms with E-state index in [9.17, 15) is 23.1 Å². The number of rotatable bonds is 2. The number of benzene rings is 1. The molecule has 1 N–H and O–H groups in total. The minimum absolute atomic E-state index is 0.0543. The van der Waals surface area contributed by atoms with Crippen LogP contribution < -0.4 is 4.74 Å². The first kappa shape index (κ1) is 14.4. The first-order chi connectivity index (χ1) is 9.25. The summed E-state index contributed by atoms with van der Waals surface area (Å²) in [6.07, 6.45) is -4.91. The maximum Gasteiger partial charge on any atom is 0.434 e. The summed E-state index contributed by atoms with van der Waals surface area (Å²) in [7, 11) is 1.35. The molecule has 0 saturated heterocycles. The van der Waals surface area contributed by atoms with Crippen LogP contribution in [0.15, 0.2) is 18.2 Å². The van der Waals surface area contributed by atoms with Crippen LogP contribution in [-0.2, 0) is 6.18 Å². The van der Waals surface area contributed by atoms with E-state index in [-0.39, 0.29) is 10.9 Å². The molecule has 0 atom stereocenters. The summed E-state index contributed by atoms with van der Waals surface area (Å²) in [5.41, 5.74) is -2.72. The third-order valence-electron chi connectivity index (χ3n) is 2.63. The Morgan fingerprint density at radius 3 is 2.55 bits per heavy atom. The summed E-state index contributed by atoms with van der Waals surface area (Å²) in [6, 6.07) is 3.89. The minimum Gasteiger partial charge on any atom is -0.506 e. The largest absolute Gasteiger partial charge is 0.506 e. The Morgan fingerprint density at radius 2 is 2.05 bits per heavy atom. The highest BCUT2D eigenvalue weighted by atomic mass is 35.5. The number of nitrogens with zero attached hydrogens (tertiary/aromatic N) is 1. The monoisotopic (exact) mass is 305 g/mol. The van der Waals surface area contributed by atoms with E-state index < -0.39 is 28.4 Å². The van der Waals surface area contributed by atoms with Crippen molar-refractivity contribution in [3.63, 3.8) is 0 Å². The summed E-state index contributed by atoms with van der Waals surface area (Å²) in [5.74, 6) is -0.580. The Bertz CT molecular complexity index is 700. The van der Waals surface area contributed by atoms with E-state index in [0.29, 0.717) is 5.75 Å². The minimum atomic E-state index is -4.91. The van der Waals surface area contributed by atoms with E-state index in [4.69, 9.17) is 16.3 Å². The molecule has 8 heteroatoms. The van der Waals surface area contributed by atoms with Crippen LogP contribution in [0.4, 0.5) is 13.2 Å². The van der Waals surface area contributed by atoms with Gasteiger partial charge in [0.05, 0.1) is 12.6 Å². The maximum atomic E-state index is 12.9. The molecule has 0 amide bonds. The quantitative estimate of drug-likeness (QED) is 0.864. The summed E-state index contributed by atoms with van der Waals surface area (Å²) in [5, 5.41) is 8.39. The molecule has 1 aromatic carbocycles. The molecule has 0 spiro atoms. The van der Waals surface area contributed by atoms with Gasteiger partial charge in [0.25, 0.3) is 5.24 Å². The number of carbonyl (C=O) groups excluding carboxylic acids is 1. The number of fused-ring (bicyclic) bond motifs is 1. The molecule has 1 heterocycles. The lowest BCUT2D eigenvalue weighted by molar-refractivity contribution is -0.141. The first-order valence-electron chi connectivity index (χ1n) is 5.23. The van der Waals surface area contributed by atoms with Crippen molar-refractivity contribution in [1.82, 2.24) is 4.98 Å². The van der Waals surface area contributed by atoms with Crippen LogP contribution in [0.2, 0.25) is 0 Å². The molecule has 0 radical (unpaired) electrons. The zero-order valence-electron chi connectivity index (χ0n) is 9.95. The van der Waals surface area contributed by atoms with Gasteiger partial charge in [0, 0.05) is 5.39 Å². The normalized spacial score (nSPS) is 11.7. The molecule has 20 heavy (non-hydrogen) atoms. The topological polar surface area (TPSA) is 59.4 Å². The highest BCUT2D eigenvalue weighted by Gasteiger charge is 2.39. The highest BCUT2D eigenvalue weighted by Crippen LogP contribution is 2.39. The zero-order valence-corrected chi connectivity index (χ0v) is 10.7. The van der Waals surface area contributed by atoms with Crippen LogP contribution in [0.3, 0.4) is 0 Å². The average Bonchev–Trinajstić information content (AvgIpc) is 2.36. The van der Waals surface area contributed by atoms with Crippen LogP contribution in [-0.4, -0.2) is 22.4 Å². The Morgan fingerprint density at radius 1 is 1.40 bits per heavy atom. The van der Waals surface area contributed by atoms with Crippen molar-refractivity contribution in [3.8, 4) is 11.5 Å². The molecule has 4 nitrogen and oxygen atoms in total. The molecule has 0 bridgehead atoms. The lowest BCUT2D eigenvalue weighted by atomic mass is 10.1. The molecule has 0 saturated carbocycles. The van der Waals surface area contributed by atoms with E-state index in [1.807, 2.05) is 0 Å². The van der Waals surface area contributed by atoms with Crippen LogP contribution in [0.25, 0.3) is 10.9 Å².